The second-order valence-electron chi connectivity index (χ2n) is 5.60. The second kappa shape index (κ2) is 8.59. The highest BCUT2D eigenvalue weighted by Gasteiger charge is 2.16. The minimum absolute atomic E-state index is 0.0305. The Bertz CT molecular complexity index is 461. The van der Waals surface area contributed by atoms with Crippen molar-refractivity contribution >= 4 is 5.69 Å². The lowest BCUT2D eigenvalue weighted by atomic mass is 10.1. The molecule has 21 heavy (non-hydrogen) atoms. The molecule has 0 saturated heterocycles. The Morgan fingerprint density at radius 3 is 2.67 bits per heavy atom. The van der Waals surface area contributed by atoms with Crippen LogP contribution in [0.2, 0.25) is 0 Å². The van der Waals surface area contributed by atoms with Gasteiger partial charge in [0.1, 0.15) is 0 Å². The number of ether oxygens (including phenoxy) is 1. The number of hydrogen-bond acceptors (Lipinski definition) is 5. The quantitative estimate of drug-likeness (QED) is 0.430. The Morgan fingerprint density at radius 1 is 1.38 bits per heavy atom. The zero-order valence-corrected chi connectivity index (χ0v) is 13.3. The summed E-state index contributed by atoms with van der Waals surface area (Å²) in [5.41, 5.74) is 0.916. The Hall–Kier alpha value is -1.66. The van der Waals surface area contributed by atoms with E-state index in [1.807, 2.05) is 34.0 Å². The van der Waals surface area contributed by atoms with Crippen LogP contribution in [-0.4, -0.2) is 43.1 Å². The van der Waals surface area contributed by atoms with E-state index in [1.54, 1.807) is 12.1 Å². The van der Waals surface area contributed by atoms with Crippen molar-refractivity contribution in [2.24, 2.45) is 0 Å². The van der Waals surface area contributed by atoms with Gasteiger partial charge in [0, 0.05) is 25.2 Å². The van der Waals surface area contributed by atoms with Gasteiger partial charge in [-0.05, 0) is 32.1 Å². The van der Waals surface area contributed by atoms with E-state index in [2.05, 4.69) is 10.2 Å². The first kappa shape index (κ1) is 17.4. The molecule has 1 rings (SSSR count). The van der Waals surface area contributed by atoms with Gasteiger partial charge in [-0.3, -0.25) is 10.1 Å². The normalized spacial score (nSPS) is 11.1. The molecule has 1 N–H and O–H groups in total. The molecular formula is C15H25N3O3. The van der Waals surface area contributed by atoms with Crippen LogP contribution in [0.3, 0.4) is 0 Å². The van der Waals surface area contributed by atoms with E-state index in [0.29, 0.717) is 24.9 Å². The SMILES string of the molecule is CC(C)NCc1ccc(OCCCN(C)C)c([N+](=O)[O-])c1. The predicted octanol–water partition coefficient (Wildman–Crippen LogP) is 2.42. The molecule has 6 heteroatoms. The molecule has 0 heterocycles. The summed E-state index contributed by atoms with van der Waals surface area (Å²) in [6, 6.07) is 5.47. The van der Waals surface area contributed by atoms with Crippen molar-refractivity contribution in [3.63, 3.8) is 0 Å². The molecule has 0 fully saturated rings. The number of nitro benzene ring substituents is 1. The number of nitrogens with zero attached hydrogens (tertiary/aromatic N) is 2. The fourth-order valence-corrected chi connectivity index (χ4v) is 1.82. The lowest BCUT2D eigenvalue weighted by molar-refractivity contribution is -0.385. The molecule has 0 radical (unpaired) electrons. The lowest BCUT2D eigenvalue weighted by Gasteiger charge is -2.12. The fraction of sp³-hybridized carbons (Fsp3) is 0.600. The van der Waals surface area contributed by atoms with Gasteiger partial charge in [-0.1, -0.05) is 19.9 Å². The summed E-state index contributed by atoms with van der Waals surface area (Å²) in [6.07, 6.45) is 0.834. The topological polar surface area (TPSA) is 67.6 Å². The third-order valence-electron chi connectivity index (χ3n) is 2.94. The molecule has 0 bridgehead atoms. The van der Waals surface area contributed by atoms with Gasteiger partial charge in [0.2, 0.25) is 0 Å². The van der Waals surface area contributed by atoms with Crippen molar-refractivity contribution in [1.29, 1.82) is 0 Å². The van der Waals surface area contributed by atoms with Crippen molar-refractivity contribution in [2.45, 2.75) is 32.9 Å². The molecule has 1 aromatic carbocycles. The summed E-state index contributed by atoms with van der Waals surface area (Å²) in [4.78, 5) is 12.8. The first-order chi connectivity index (χ1) is 9.90. The Morgan fingerprint density at radius 2 is 2.10 bits per heavy atom. The molecule has 0 saturated carbocycles. The third kappa shape index (κ3) is 6.55. The maximum absolute atomic E-state index is 11.1. The maximum atomic E-state index is 11.1. The van der Waals surface area contributed by atoms with Crippen LogP contribution in [0.4, 0.5) is 5.69 Å². The van der Waals surface area contributed by atoms with Crippen LogP contribution in [0.5, 0.6) is 5.75 Å². The van der Waals surface area contributed by atoms with Gasteiger partial charge in [0.15, 0.2) is 5.75 Å². The van der Waals surface area contributed by atoms with Crippen LogP contribution in [0.15, 0.2) is 18.2 Å². The van der Waals surface area contributed by atoms with E-state index in [-0.39, 0.29) is 10.6 Å². The van der Waals surface area contributed by atoms with Crippen molar-refractivity contribution in [1.82, 2.24) is 10.2 Å². The van der Waals surface area contributed by atoms with E-state index in [0.717, 1.165) is 18.5 Å². The lowest BCUT2D eigenvalue weighted by Crippen LogP contribution is -2.21. The Labute approximate surface area is 126 Å². The summed E-state index contributed by atoms with van der Waals surface area (Å²) < 4.78 is 5.54. The third-order valence-corrected chi connectivity index (χ3v) is 2.94. The van der Waals surface area contributed by atoms with Gasteiger partial charge < -0.3 is 15.0 Å². The van der Waals surface area contributed by atoms with Gasteiger partial charge in [-0.2, -0.15) is 0 Å². The summed E-state index contributed by atoms with van der Waals surface area (Å²) in [5, 5.41) is 14.4. The molecule has 6 nitrogen and oxygen atoms in total. The first-order valence-electron chi connectivity index (χ1n) is 7.18. The van der Waals surface area contributed by atoms with Gasteiger partial charge >= 0.3 is 5.69 Å². The van der Waals surface area contributed by atoms with Gasteiger partial charge in [-0.15, -0.1) is 0 Å². The largest absolute Gasteiger partial charge is 0.487 e. The zero-order valence-electron chi connectivity index (χ0n) is 13.3. The number of nitro groups is 1. The number of rotatable bonds is 9. The minimum atomic E-state index is -0.389. The van der Waals surface area contributed by atoms with Crippen molar-refractivity contribution in [3.05, 3.63) is 33.9 Å². The first-order valence-corrected chi connectivity index (χ1v) is 7.18. The van der Waals surface area contributed by atoms with Crippen molar-refractivity contribution < 1.29 is 9.66 Å². The molecule has 0 aliphatic rings. The molecule has 0 aliphatic heterocycles. The monoisotopic (exact) mass is 295 g/mol. The van der Waals surface area contributed by atoms with Crippen LogP contribution in [-0.2, 0) is 6.54 Å². The standard InChI is InChI=1S/C15H25N3O3/c1-12(2)16-11-13-6-7-15(14(10-13)18(19)20)21-9-5-8-17(3)4/h6-7,10,12,16H,5,8-9,11H2,1-4H3. The summed E-state index contributed by atoms with van der Waals surface area (Å²) in [5.74, 6) is 0.340. The summed E-state index contributed by atoms with van der Waals surface area (Å²) in [6.45, 7) is 6.06. The fourth-order valence-electron chi connectivity index (χ4n) is 1.82. The average Bonchev–Trinajstić information content (AvgIpc) is 2.41. The van der Waals surface area contributed by atoms with E-state index in [9.17, 15) is 10.1 Å². The zero-order chi connectivity index (χ0) is 15.8. The molecule has 1 aromatic rings. The van der Waals surface area contributed by atoms with Crippen LogP contribution in [0.25, 0.3) is 0 Å². The smallest absolute Gasteiger partial charge is 0.311 e. The Kier molecular flexibility index (Phi) is 7.11. The van der Waals surface area contributed by atoms with Gasteiger partial charge in [0.25, 0.3) is 0 Å². The second-order valence-corrected chi connectivity index (χ2v) is 5.60. The molecule has 0 amide bonds. The molecular weight excluding hydrogens is 270 g/mol. The number of nitrogens with one attached hydrogen (secondary N) is 1. The maximum Gasteiger partial charge on any atom is 0.311 e. The van der Waals surface area contributed by atoms with Crippen LogP contribution in [0.1, 0.15) is 25.8 Å². The summed E-state index contributed by atoms with van der Waals surface area (Å²) in [7, 11) is 3.97. The van der Waals surface area contributed by atoms with E-state index >= 15 is 0 Å². The Balaban J connectivity index is 2.68. The minimum Gasteiger partial charge on any atom is -0.487 e. The highest BCUT2D eigenvalue weighted by Crippen LogP contribution is 2.28. The molecule has 0 aliphatic carbocycles. The predicted molar refractivity (Wildman–Crippen MR) is 83.7 cm³/mol. The molecule has 0 aromatic heterocycles. The highest BCUT2D eigenvalue weighted by molar-refractivity contribution is 5.48. The van der Waals surface area contributed by atoms with Gasteiger partial charge in [-0.25, -0.2) is 0 Å². The number of benzene rings is 1. The highest BCUT2D eigenvalue weighted by atomic mass is 16.6. The van der Waals surface area contributed by atoms with Gasteiger partial charge in [0.05, 0.1) is 11.5 Å². The van der Waals surface area contributed by atoms with Crippen LogP contribution in [0, 0.1) is 10.1 Å². The van der Waals surface area contributed by atoms with Crippen LogP contribution >= 0.6 is 0 Å². The molecule has 0 unspecified atom stereocenters. The van der Waals surface area contributed by atoms with E-state index < -0.39 is 0 Å². The average molecular weight is 295 g/mol. The number of hydrogen-bond donors (Lipinski definition) is 1. The van der Waals surface area contributed by atoms with E-state index in [1.165, 1.54) is 0 Å². The van der Waals surface area contributed by atoms with Crippen molar-refractivity contribution in [3.8, 4) is 5.75 Å². The van der Waals surface area contributed by atoms with E-state index in [4.69, 9.17) is 4.74 Å². The summed E-state index contributed by atoms with van der Waals surface area (Å²) >= 11 is 0. The molecule has 0 atom stereocenters. The molecule has 118 valence electrons. The van der Waals surface area contributed by atoms with Crippen LogP contribution < -0.4 is 10.1 Å². The van der Waals surface area contributed by atoms with Crippen molar-refractivity contribution in [2.75, 3.05) is 27.2 Å². The molecule has 0 spiro atoms.